The highest BCUT2D eigenvalue weighted by molar-refractivity contribution is 5.69. The standard InChI is InChI=1S/C15H24O5/c1-13(17)20-14(12-16)10-8-6-4-3-5-7-9-11-15(18)19-2/h3,5-6,8,14,16H,4,7,9-12H2,1-2H3/b5-3-,8-6-. The Morgan fingerprint density at radius 3 is 2.50 bits per heavy atom. The third-order valence-corrected chi connectivity index (χ3v) is 2.52. The minimum Gasteiger partial charge on any atom is -0.469 e. The molecule has 0 aromatic heterocycles. The zero-order valence-corrected chi connectivity index (χ0v) is 12.2. The monoisotopic (exact) mass is 284 g/mol. The van der Waals surface area contributed by atoms with E-state index in [1.165, 1.54) is 14.0 Å². The Hall–Kier alpha value is -1.62. The number of carbonyl (C=O) groups excluding carboxylic acids is 2. The number of rotatable bonds is 10. The van der Waals surface area contributed by atoms with Gasteiger partial charge in [-0.1, -0.05) is 24.3 Å². The predicted molar refractivity (Wildman–Crippen MR) is 76.0 cm³/mol. The van der Waals surface area contributed by atoms with Gasteiger partial charge in [0.25, 0.3) is 0 Å². The molecule has 1 atom stereocenters. The Morgan fingerprint density at radius 1 is 1.20 bits per heavy atom. The van der Waals surface area contributed by atoms with E-state index in [0.717, 1.165) is 19.3 Å². The van der Waals surface area contributed by atoms with Crippen LogP contribution in [0.4, 0.5) is 0 Å². The Kier molecular flexibility index (Phi) is 11.4. The molecule has 0 saturated heterocycles. The van der Waals surface area contributed by atoms with Crippen molar-refractivity contribution >= 4 is 11.9 Å². The second-order valence-corrected chi connectivity index (χ2v) is 4.30. The van der Waals surface area contributed by atoms with Crippen molar-refractivity contribution in [2.45, 2.75) is 45.1 Å². The van der Waals surface area contributed by atoms with E-state index in [1.807, 2.05) is 24.3 Å². The van der Waals surface area contributed by atoms with Crippen LogP contribution in [-0.4, -0.2) is 36.9 Å². The first kappa shape index (κ1) is 18.4. The summed E-state index contributed by atoms with van der Waals surface area (Å²) >= 11 is 0. The van der Waals surface area contributed by atoms with Crippen LogP contribution in [0.5, 0.6) is 0 Å². The molecule has 20 heavy (non-hydrogen) atoms. The van der Waals surface area contributed by atoms with Crippen LogP contribution in [0.3, 0.4) is 0 Å². The zero-order valence-electron chi connectivity index (χ0n) is 12.2. The van der Waals surface area contributed by atoms with E-state index in [1.54, 1.807) is 0 Å². The third kappa shape index (κ3) is 11.5. The lowest BCUT2D eigenvalue weighted by atomic mass is 10.2. The van der Waals surface area contributed by atoms with Gasteiger partial charge in [-0.25, -0.2) is 0 Å². The van der Waals surface area contributed by atoms with Gasteiger partial charge >= 0.3 is 11.9 Å². The molecule has 0 rings (SSSR count). The van der Waals surface area contributed by atoms with Gasteiger partial charge < -0.3 is 14.6 Å². The fourth-order valence-corrected chi connectivity index (χ4v) is 1.50. The number of hydrogen-bond acceptors (Lipinski definition) is 5. The predicted octanol–water partition coefficient (Wildman–Crippen LogP) is 2.15. The summed E-state index contributed by atoms with van der Waals surface area (Å²) in [5.74, 6) is -0.568. The maximum Gasteiger partial charge on any atom is 0.305 e. The van der Waals surface area contributed by atoms with Crippen LogP contribution in [0.1, 0.15) is 39.0 Å². The summed E-state index contributed by atoms with van der Waals surface area (Å²) < 4.78 is 9.43. The van der Waals surface area contributed by atoms with Crippen LogP contribution in [0.2, 0.25) is 0 Å². The number of hydrogen-bond donors (Lipinski definition) is 1. The molecule has 1 unspecified atom stereocenters. The van der Waals surface area contributed by atoms with E-state index < -0.39 is 6.10 Å². The van der Waals surface area contributed by atoms with Crippen molar-refractivity contribution in [2.24, 2.45) is 0 Å². The zero-order chi connectivity index (χ0) is 15.2. The minimum atomic E-state index is -0.465. The number of aliphatic hydroxyl groups excluding tert-OH is 1. The molecule has 5 heteroatoms. The number of esters is 2. The van der Waals surface area contributed by atoms with Gasteiger partial charge in [-0.3, -0.25) is 9.59 Å². The molecule has 0 heterocycles. The molecule has 0 amide bonds. The molecule has 0 aliphatic rings. The largest absolute Gasteiger partial charge is 0.469 e. The average molecular weight is 284 g/mol. The van der Waals surface area contributed by atoms with Crippen LogP contribution >= 0.6 is 0 Å². The van der Waals surface area contributed by atoms with Gasteiger partial charge in [0.15, 0.2) is 0 Å². The van der Waals surface area contributed by atoms with Crippen molar-refractivity contribution in [1.29, 1.82) is 0 Å². The summed E-state index contributed by atoms with van der Waals surface area (Å²) in [5.41, 5.74) is 0. The van der Waals surface area contributed by atoms with Gasteiger partial charge in [-0.05, 0) is 19.3 Å². The molecule has 0 spiro atoms. The Labute approximate surface area is 120 Å². The lowest BCUT2D eigenvalue weighted by molar-refractivity contribution is -0.148. The molecule has 114 valence electrons. The number of allylic oxidation sites excluding steroid dienone is 3. The minimum absolute atomic E-state index is 0.173. The van der Waals surface area contributed by atoms with Crippen molar-refractivity contribution in [2.75, 3.05) is 13.7 Å². The van der Waals surface area contributed by atoms with Crippen LogP contribution in [0, 0.1) is 0 Å². The van der Waals surface area contributed by atoms with Crippen molar-refractivity contribution < 1.29 is 24.2 Å². The van der Waals surface area contributed by atoms with E-state index in [-0.39, 0.29) is 18.5 Å². The molecule has 0 bridgehead atoms. The molecule has 0 aromatic rings. The highest BCUT2D eigenvalue weighted by atomic mass is 16.5. The molecular formula is C15H24O5. The fraction of sp³-hybridized carbons (Fsp3) is 0.600. The Morgan fingerprint density at radius 2 is 1.90 bits per heavy atom. The number of aliphatic hydroxyl groups is 1. The summed E-state index contributed by atoms with van der Waals surface area (Å²) in [5, 5.41) is 8.98. The molecule has 0 radical (unpaired) electrons. The quantitative estimate of drug-likeness (QED) is 0.378. The van der Waals surface area contributed by atoms with Gasteiger partial charge in [0, 0.05) is 19.8 Å². The van der Waals surface area contributed by atoms with E-state index in [2.05, 4.69) is 4.74 Å². The van der Waals surface area contributed by atoms with Gasteiger partial charge in [-0.2, -0.15) is 0 Å². The lowest BCUT2D eigenvalue weighted by Crippen LogP contribution is -2.19. The van der Waals surface area contributed by atoms with Crippen LogP contribution in [-0.2, 0) is 19.1 Å². The average Bonchev–Trinajstić information content (AvgIpc) is 2.43. The first-order valence-electron chi connectivity index (χ1n) is 6.75. The van der Waals surface area contributed by atoms with Crippen LogP contribution < -0.4 is 0 Å². The highest BCUT2D eigenvalue weighted by Crippen LogP contribution is 2.02. The number of ether oxygens (including phenoxy) is 2. The Balaban J connectivity index is 3.64. The van der Waals surface area contributed by atoms with Crippen LogP contribution in [0.15, 0.2) is 24.3 Å². The molecule has 5 nitrogen and oxygen atoms in total. The molecule has 0 fully saturated rings. The van der Waals surface area contributed by atoms with E-state index in [9.17, 15) is 9.59 Å². The molecular weight excluding hydrogens is 260 g/mol. The van der Waals surface area contributed by atoms with Crippen molar-refractivity contribution in [3.8, 4) is 0 Å². The summed E-state index contributed by atoms with van der Waals surface area (Å²) in [6.45, 7) is 1.15. The topological polar surface area (TPSA) is 72.8 Å². The normalized spacial score (nSPS) is 12.8. The highest BCUT2D eigenvalue weighted by Gasteiger charge is 2.07. The maximum absolute atomic E-state index is 10.8. The third-order valence-electron chi connectivity index (χ3n) is 2.52. The molecule has 1 N–H and O–H groups in total. The Bertz CT molecular complexity index is 333. The maximum atomic E-state index is 10.8. The van der Waals surface area contributed by atoms with Gasteiger partial charge in [0.05, 0.1) is 13.7 Å². The summed E-state index contributed by atoms with van der Waals surface area (Å²) in [4.78, 5) is 21.6. The fourth-order valence-electron chi connectivity index (χ4n) is 1.50. The SMILES string of the molecule is COC(=O)CCC/C=C\C/C=C\CC(CO)OC(C)=O. The smallest absolute Gasteiger partial charge is 0.305 e. The van der Waals surface area contributed by atoms with E-state index in [0.29, 0.717) is 12.8 Å². The lowest BCUT2D eigenvalue weighted by Gasteiger charge is -2.11. The van der Waals surface area contributed by atoms with Crippen molar-refractivity contribution in [1.82, 2.24) is 0 Å². The molecule has 0 aromatic carbocycles. The first-order chi connectivity index (χ1) is 9.60. The van der Waals surface area contributed by atoms with E-state index in [4.69, 9.17) is 9.84 Å². The number of methoxy groups -OCH3 is 1. The van der Waals surface area contributed by atoms with Crippen LogP contribution in [0.25, 0.3) is 0 Å². The van der Waals surface area contributed by atoms with Gasteiger partial charge in [0.2, 0.25) is 0 Å². The summed E-state index contributed by atoms with van der Waals surface area (Å²) in [7, 11) is 1.39. The van der Waals surface area contributed by atoms with Crippen molar-refractivity contribution in [3.63, 3.8) is 0 Å². The molecule has 0 aliphatic carbocycles. The van der Waals surface area contributed by atoms with Gasteiger partial charge in [-0.15, -0.1) is 0 Å². The second-order valence-electron chi connectivity index (χ2n) is 4.30. The number of carbonyl (C=O) groups is 2. The molecule has 0 saturated carbocycles. The summed E-state index contributed by atoms with van der Waals surface area (Å²) in [6, 6.07) is 0. The van der Waals surface area contributed by atoms with Gasteiger partial charge in [0.1, 0.15) is 6.10 Å². The first-order valence-corrected chi connectivity index (χ1v) is 6.75. The summed E-state index contributed by atoms with van der Waals surface area (Å²) in [6.07, 6.45) is 10.7. The van der Waals surface area contributed by atoms with Crippen molar-refractivity contribution in [3.05, 3.63) is 24.3 Å². The van der Waals surface area contributed by atoms with E-state index >= 15 is 0 Å². The second kappa shape index (κ2) is 12.4. The molecule has 0 aliphatic heterocycles. The number of unbranched alkanes of at least 4 members (excludes halogenated alkanes) is 1.